The van der Waals surface area contributed by atoms with E-state index >= 15 is 0 Å². The van der Waals surface area contributed by atoms with E-state index in [0.717, 1.165) is 11.3 Å². The van der Waals surface area contributed by atoms with E-state index in [4.69, 9.17) is 21.1 Å². The quantitative estimate of drug-likeness (QED) is 0.340. The maximum absolute atomic E-state index is 13.2. The van der Waals surface area contributed by atoms with Crippen molar-refractivity contribution >= 4 is 35.0 Å². The number of benzene rings is 2. The Kier molecular flexibility index (Phi) is 5.55. The van der Waals surface area contributed by atoms with Crippen LogP contribution in [0.4, 0.5) is 5.69 Å². The molecule has 1 amide bonds. The van der Waals surface area contributed by atoms with Gasteiger partial charge in [-0.15, -0.1) is 0 Å². The van der Waals surface area contributed by atoms with Crippen LogP contribution in [0.15, 0.2) is 75.0 Å². The summed E-state index contributed by atoms with van der Waals surface area (Å²) in [5, 5.41) is 5.81. The fraction of sp³-hybridized carbons (Fsp3) is 0.167. The molecule has 5 rings (SSSR count). The molecule has 0 unspecified atom stereocenters. The van der Waals surface area contributed by atoms with Gasteiger partial charge in [-0.3, -0.25) is 14.6 Å². The van der Waals surface area contributed by atoms with Gasteiger partial charge in [0, 0.05) is 22.6 Å². The number of H-pyrrole nitrogens is 1. The Morgan fingerprint density at radius 3 is 2.67 bits per heavy atom. The molecule has 0 bridgehead atoms. The number of thioether (sulfide) groups is 1. The van der Waals surface area contributed by atoms with Crippen molar-refractivity contribution < 1.29 is 13.9 Å². The van der Waals surface area contributed by atoms with Crippen molar-refractivity contribution in [2.75, 3.05) is 10.7 Å². The van der Waals surface area contributed by atoms with Gasteiger partial charge in [0.25, 0.3) is 0 Å². The number of hydrogen-bond acceptors (Lipinski definition) is 5. The SMILES string of the molecule is CCSc1n[n+]2c(c(=O)[nH]1)-c1ccccc1N(C(C)=O)[C@H]2c1ccc(-c2ccc(Cl)cc2)o1. The number of amides is 1. The van der Waals surface area contributed by atoms with Crippen molar-refractivity contribution in [2.24, 2.45) is 0 Å². The van der Waals surface area contributed by atoms with E-state index in [1.165, 1.54) is 18.7 Å². The van der Waals surface area contributed by atoms with Crippen LogP contribution in [0.1, 0.15) is 25.8 Å². The molecule has 7 nitrogen and oxygen atoms in total. The second-order valence-electron chi connectivity index (χ2n) is 7.47. The number of carbonyl (C=O) groups excluding carboxylic acids is 1. The Bertz CT molecular complexity index is 1410. The Morgan fingerprint density at radius 1 is 1.18 bits per heavy atom. The van der Waals surface area contributed by atoms with Crippen LogP contribution in [-0.2, 0) is 4.79 Å². The van der Waals surface area contributed by atoms with Gasteiger partial charge in [-0.25, -0.2) is 4.90 Å². The van der Waals surface area contributed by atoms with Crippen LogP contribution in [0.5, 0.6) is 0 Å². The topological polar surface area (TPSA) is 83.1 Å². The average molecular weight is 480 g/mol. The molecule has 1 aliphatic rings. The molecule has 1 atom stereocenters. The lowest BCUT2D eigenvalue weighted by molar-refractivity contribution is -0.764. The monoisotopic (exact) mass is 479 g/mol. The van der Waals surface area contributed by atoms with Crippen LogP contribution >= 0.6 is 23.4 Å². The summed E-state index contributed by atoms with van der Waals surface area (Å²) in [7, 11) is 0. The minimum absolute atomic E-state index is 0.193. The van der Waals surface area contributed by atoms with E-state index in [-0.39, 0.29) is 11.5 Å². The van der Waals surface area contributed by atoms with Crippen LogP contribution < -0.4 is 15.1 Å². The molecule has 0 aliphatic carbocycles. The molecule has 0 radical (unpaired) electrons. The van der Waals surface area contributed by atoms with Gasteiger partial charge in [-0.1, -0.05) is 42.4 Å². The minimum atomic E-state index is -0.757. The van der Waals surface area contributed by atoms with Crippen molar-refractivity contribution in [2.45, 2.75) is 25.2 Å². The number of furan rings is 1. The summed E-state index contributed by atoms with van der Waals surface area (Å²) in [5.41, 5.74) is 2.21. The molecule has 4 aromatic rings. The van der Waals surface area contributed by atoms with Crippen molar-refractivity contribution in [3.8, 4) is 22.6 Å². The zero-order valence-corrected chi connectivity index (χ0v) is 19.5. The van der Waals surface area contributed by atoms with E-state index in [2.05, 4.69) is 4.98 Å². The highest BCUT2D eigenvalue weighted by Crippen LogP contribution is 2.38. The number of rotatable bonds is 4. The molecule has 0 saturated carbocycles. The van der Waals surface area contributed by atoms with Gasteiger partial charge >= 0.3 is 17.4 Å². The molecule has 0 saturated heterocycles. The first-order valence-corrected chi connectivity index (χ1v) is 11.8. The number of aromatic amines is 1. The van der Waals surface area contributed by atoms with E-state index < -0.39 is 6.17 Å². The summed E-state index contributed by atoms with van der Waals surface area (Å²) in [4.78, 5) is 30.5. The third-order valence-corrected chi connectivity index (χ3v) is 6.39. The second-order valence-corrected chi connectivity index (χ2v) is 9.16. The molecule has 0 spiro atoms. The molecule has 1 aliphatic heterocycles. The lowest BCUT2D eigenvalue weighted by Crippen LogP contribution is -2.60. The number of carbonyl (C=O) groups is 1. The van der Waals surface area contributed by atoms with Crippen molar-refractivity contribution in [1.82, 2.24) is 10.1 Å². The Hall–Kier alpha value is -3.36. The minimum Gasteiger partial charge on any atom is -0.452 e. The Labute approximate surface area is 199 Å². The molecule has 3 heterocycles. The average Bonchev–Trinajstić information content (AvgIpc) is 3.28. The van der Waals surface area contributed by atoms with Crippen LogP contribution in [0.25, 0.3) is 22.6 Å². The standard InChI is InChI=1S/C24H19ClN4O3S/c1-3-33-24-26-22(31)21-17-6-4-5-7-18(17)28(14(2)30)23(29(21)27-24)20-13-12-19(32-20)15-8-10-16(25)11-9-15/h4-13,23H,3H2,1-2H3/p+1/t23-/m1/s1. The molecular formula is C24H20ClN4O3S+. The van der Waals surface area contributed by atoms with E-state index in [9.17, 15) is 9.59 Å². The zero-order valence-electron chi connectivity index (χ0n) is 17.9. The van der Waals surface area contributed by atoms with Crippen LogP contribution in [0.3, 0.4) is 0 Å². The fourth-order valence-corrected chi connectivity index (χ4v) is 4.74. The fourth-order valence-electron chi connectivity index (χ4n) is 4.03. The molecule has 2 aromatic carbocycles. The third kappa shape index (κ3) is 3.75. The Morgan fingerprint density at radius 2 is 1.94 bits per heavy atom. The highest BCUT2D eigenvalue weighted by atomic mass is 35.5. The van der Waals surface area contributed by atoms with E-state index in [0.29, 0.717) is 38.6 Å². The predicted octanol–water partition coefficient (Wildman–Crippen LogP) is 4.66. The lowest BCUT2D eigenvalue weighted by Gasteiger charge is -2.30. The first-order chi connectivity index (χ1) is 16.0. The summed E-state index contributed by atoms with van der Waals surface area (Å²) >= 11 is 7.44. The van der Waals surface area contributed by atoms with Gasteiger partial charge in [0.15, 0.2) is 5.76 Å². The van der Waals surface area contributed by atoms with Crippen LogP contribution in [0.2, 0.25) is 5.02 Å². The smallest absolute Gasteiger partial charge is 0.325 e. The number of anilines is 1. The first-order valence-electron chi connectivity index (χ1n) is 10.4. The summed E-state index contributed by atoms with van der Waals surface area (Å²) in [6.07, 6.45) is -0.757. The number of para-hydroxylation sites is 1. The molecule has 9 heteroatoms. The van der Waals surface area contributed by atoms with Gasteiger partial charge in [-0.05, 0) is 59.0 Å². The number of nitrogens with zero attached hydrogens (tertiary/aromatic N) is 3. The molecule has 1 N–H and O–H groups in total. The van der Waals surface area contributed by atoms with Gasteiger partial charge in [0.2, 0.25) is 11.1 Å². The van der Waals surface area contributed by atoms with Crippen LogP contribution in [0, 0.1) is 0 Å². The van der Waals surface area contributed by atoms with Gasteiger partial charge in [0.05, 0.1) is 11.3 Å². The number of nitrogens with one attached hydrogen (secondary N) is 1. The van der Waals surface area contributed by atoms with Crippen molar-refractivity contribution in [3.05, 3.63) is 81.8 Å². The summed E-state index contributed by atoms with van der Waals surface area (Å²) in [6, 6.07) is 18.3. The molecule has 166 valence electrons. The maximum atomic E-state index is 13.2. The summed E-state index contributed by atoms with van der Waals surface area (Å²) in [6.45, 7) is 3.47. The number of aromatic nitrogens is 3. The summed E-state index contributed by atoms with van der Waals surface area (Å²) in [5.74, 6) is 1.66. The highest BCUT2D eigenvalue weighted by Gasteiger charge is 2.46. The third-order valence-electron chi connectivity index (χ3n) is 5.39. The number of fused-ring (bicyclic) bond motifs is 3. The highest BCUT2D eigenvalue weighted by molar-refractivity contribution is 7.99. The molecular weight excluding hydrogens is 460 g/mol. The van der Waals surface area contributed by atoms with E-state index in [1.807, 2.05) is 55.5 Å². The van der Waals surface area contributed by atoms with Crippen LogP contribution in [-0.4, -0.2) is 21.7 Å². The van der Waals surface area contributed by atoms with Gasteiger partial charge < -0.3 is 4.42 Å². The molecule has 2 aromatic heterocycles. The largest absolute Gasteiger partial charge is 0.452 e. The summed E-state index contributed by atoms with van der Waals surface area (Å²) < 4.78 is 7.81. The van der Waals surface area contributed by atoms with E-state index in [1.54, 1.807) is 21.7 Å². The second kappa shape index (κ2) is 8.53. The number of hydrogen-bond donors (Lipinski definition) is 1. The predicted molar refractivity (Wildman–Crippen MR) is 127 cm³/mol. The molecule has 0 fully saturated rings. The lowest BCUT2D eigenvalue weighted by atomic mass is 10.0. The first kappa shape index (κ1) is 21.5. The van der Waals surface area contributed by atoms with Crippen molar-refractivity contribution in [3.63, 3.8) is 0 Å². The maximum Gasteiger partial charge on any atom is 0.325 e. The van der Waals surface area contributed by atoms with Gasteiger partial charge in [-0.2, -0.15) is 0 Å². The zero-order chi connectivity index (χ0) is 23.1. The van der Waals surface area contributed by atoms with Crippen molar-refractivity contribution in [1.29, 1.82) is 0 Å². The van der Waals surface area contributed by atoms with Gasteiger partial charge in [0.1, 0.15) is 5.76 Å². The number of halogens is 1. The Balaban J connectivity index is 1.74. The normalized spacial score (nSPS) is 14.6. The molecule has 33 heavy (non-hydrogen) atoms.